The third kappa shape index (κ3) is 29.0. The Morgan fingerprint density at radius 1 is 0.300 bits per heavy atom. The van der Waals surface area contributed by atoms with Crippen LogP contribution in [0.15, 0.2) is 194 Å². The van der Waals surface area contributed by atoms with Gasteiger partial charge in [0.05, 0.1) is 93.5 Å². The van der Waals surface area contributed by atoms with Gasteiger partial charge in [0, 0.05) is 93.8 Å². The van der Waals surface area contributed by atoms with Gasteiger partial charge in [0.15, 0.2) is 23.0 Å². The van der Waals surface area contributed by atoms with Gasteiger partial charge in [-0.2, -0.15) is 0 Å². The minimum absolute atomic E-state index is 0.000270. The maximum atomic E-state index is 14.3. The Labute approximate surface area is 874 Å². The number of hydrogen-bond acceptors (Lipinski definition) is 14. The molecule has 2 aliphatic heterocycles. The predicted molar refractivity (Wildman–Crippen MR) is 575 cm³/mol. The largest absolute Gasteiger partial charge is 0.454 e. The van der Waals surface area contributed by atoms with E-state index in [9.17, 15) is 54.7 Å². The molecule has 0 unspecified atom stereocenters. The van der Waals surface area contributed by atoms with Gasteiger partial charge in [-0.25, -0.2) is 55.7 Å². The number of carbonyl (C=O) groups excluding carboxylic acids is 5. The lowest BCUT2D eigenvalue weighted by molar-refractivity contribution is 0.0709. The van der Waals surface area contributed by atoms with E-state index in [1.807, 2.05) is 107 Å². The molecule has 0 radical (unpaired) electrons. The molecular weight excluding hydrogens is 1920 g/mol. The maximum absolute atomic E-state index is 14.3. The molecule has 0 N–H and O–H groups in total. The molecule has 15 aromatic rings. The smallest absolute Gasteiger partial charge is 0.257 e. The molecule has 0 bridgehead atoms. The van der Waals surface area contributed by atoms with Crippen molar-refractivity contribution in [2.75, 3.05) is 46.3 Å². The second kappa shape index (κ2) is 53.2. The van der Waals surface area contributed by atoms with Gasteiger partial charge in [0.1, 0.15) is 69.8 Å². The van der Waals surface area contributed by atoms with Gasteiger partial charge in [0.25, 0.3) is 29.5 Å². The highest BCUT2D eigenvalue weighted by Gasteiger charge is 2.31. The average Bonchev–Trinajstić information content (AvgIpc) is 1.65. The summed E-state index contributed by atoms with van der Waals surface area (Å²) in [6, 6.07) is 52.2. The molecule has 17 rings (SSSR count). The molecule has 0 aliphatic carbocycles. The highest BCUT2D eigenvalue weighted by molar-refractivity contribution is 5.98. The number of hydrogen-bond donors (Lipinski definition) is 0. The van der Waals surface area contributed by atoms with E-state index in [-0.39, 0.29) is 84.3 Å². The van der Waals surface area contributed by atoms with Crippen LogP contribution in [0, 0.1) is 64.4 Å². The summed E-state index contributed by atoms with van der Waals surface area (Å²) < 4.78 is 128. The van der Waals surface area contributed by atoms with Crippen molar-refractivity contribution in [3.8, 4) is 23.0 Å². The molecule has 10 aromatic carbocycles. The van der Waals surface area contributed by atoms with E-state index in [0.717, 1.165) is 157 Å². The van der Waals surface area contributed by atoms with Crippen LogP contribution in [0.4, 0.5) is 30.7 Å². The van der Waals surface area contributed by atoms with Gasteiger partial charge in [-0.15, -0.1) is 0 Å². The minimum Gasteiger partial charge on any atom is -0.454 e. The molecule has 7 heterocycles. The van der Waals surface area contributed by atoms with Crippen molar-refractivity contribution in [1.29, 1.82) is 0 Å². The minimum atomic E-state index is -0.890. The summed E-state index contributed by atoms with van der Waals surface area (Å²) in [5, 5.41) is 0. The van der Waals surface area contributed by atoms with E-state index in [2.05, 4.69) is 102 Å². The number of carbonyl (C=O) groups is 5. The van der Waals surface area contributed by atoms with Crippen molar-refractivity contribution in [3.63, 3.8) is 0 Å². The quantitative estimate of drug-likeness (QED) is 0.0326. The van der Waals surface area contributed by atoms with Crippen LogP contribution in [0.5, 0.6) is 23.0 Å². The van der Waals surface area contributed by atoms with Gasteiger partial charge >= 0.3 is 0 Å². The van der Waals surface area contributed by atoms with Crippen LogP contribution >= 0.6 is 0 Å². The van der Waals surface area contributed by atoms with Gasteiger partial charge in [-0.1, -0.05) is 155 Å². The van der Waals surface area contributed by atoms with Crippen molar-refractivity contribution >= 4 is 84.7 Å². The summed E-state index contributed by atoms with van der Waals surface area (Å²) in [6.07, 6.45) is 9.08. The van der Waals surface area contributed by atoms with Crippen LogP contribution in [0.25, 0.3) is 55.2 Å². The topological polar surface area (TPSA) is 228 Å². The number of nitrogens with zero attached hydrogens (tertiary/aromatic N) is 15. The molecule has 2 aliphatic rings. The van der Waals surface area contributed by atoms with Crippen molar-refractivity contribution in [3.05, 3.63) is 303 Å². The number of benzene rings is 10. The molecular formula is C119H142F7N15O9. The van der Waals surface area contributed by atoms with Crippen LogP contribution in [0.1, 0.15) is 273 Å². The molecule has 0 saturated heterocycles. The summed E-state index contributed by atoms with van der Waals surface area (Å²) >= 11 is 0. The first-order valence-corrected chi connectivity index (χ1v) is 52.7. The van der Waals surface area contributed by atoms with E-state index in [1.165, 1.54) is 82.8 Å². The van der Waals surface area contributed by atoms with E-state index in [1.54, 1.807) is 71.6 Å². The lowest BCUT2D eigenvalue weighted by Crippen LogP contribution is -2.34. The molecule has 5 amide bonds. The molecule has 0 fully saturated rings. The number of aryl methyl sites for hydroxylation is 6. The Balaban J connectivity index is 0.000000156. The first kappa shape index (κ1) is 113. The maximum Gasteiger partial charge on any atom is 0.257 e. The van der Waals surface area contributed by atoms with Crippen molar-refractivity contribution in [2.45, 2.75) is 253 Å². The summed E-state index contributed by atoms with van der Waals surface area (Å²) in [6.45, 7) is 43.9. The third-order valence-electron chi connectivity index (χ3n) is 25.8. The molecule has 796 valence electrons. The van der Waals surface area contributed by atoms with E-state index in [0.29, 0.717) is 164 Å². The first-order chi connectivity index (χ1) is 72.1. The van der Waals surface area contributed by atoms with Crippen molar-refractivity contribution in [1.82, 2.24) is 72.3 Å². The standard InChI is InChI=1S/2C25H32FN3O.C23H26F3N3O.2C23H26FN3O3/c1-6-13-29-23-14-21(26)11-12-22(23)27-24(29)16-28(15-17(2)3)25(30)20-9-7-19(8-10-20)18(4)5;1-5-7-19-8-10-20(11-9-19)25(30)28(16-18(3)4)17-24-27-22-13-12-21(26)15-23(22)29(24)14-6-2;1-4-10-29-21-13-17(25)6-8-20(21)27-22(29)14-28(11-9-15(2)3)23(30)18-7-5-16(24)12-19(18)26;1-4-9-27-19-11-17(24)6-7-18(19)25-22(27)13-26(12-15(2)3)23(28)16-5-8-20-21(10-16)30-14-29-20;1-3-5-11-26(23(28)16-6-9-20-21(12-16)30-15-29-20)14-22-25-18-8-7-17(24)13-19(18)27(22)10-4-2/h7-12,14,17-18H,6,13,15-16H2,1-5H3;8-13,15,18H,5-7,14,16-17H2,1-4H3;5-8,12-13,15H,4,9-11,14H2,1-3H3;5-8,10-11,15H,4,9,12-14H2,1-3H3;6-9,12-13H,3-5,10-11,14-15H2,1-2H3. The Hall–Kier alpha value is -14.4. The zero-order valence-corrected chi connectivity index (χ0v) is 89.5. The fraction of sp³-hybridized carbons (Fsp3) is 0.412. The number of ether oxygens (including phenoxy) is 4. The van der Waals surface area contributed by atoms with Crippen LogP contribution in [-0.2, 0) is 71.9 Å². The molecule has 0 atom stereocenters. The molecule has 0 spiro atoms. The first-order valence-electron chi connectivity index (χ1n) is 52.7. The fourth-order valence-electron chi connectivity index (χ4n) is 18.5. The normalized spacial score (nSPS) is 11.9. The molecule has 150 heavy (non-hydrogen) atoms. The van der Waals surface area contributed by atoms with Crippen LogP contribution < -0.4 is 18.9 Å². The Morgan fingerprint density at radius 3 is 0.900 bits per heavy atom. The number of aromatic nitrogens is 10. The number of fused-ring (bicyclic) bond motifs is 7. The van der Waals surface area contributed by atoms with Crippen LogP contribution in [0.2, 0.25) is 0 Å². The predicted octanol–water partition coefficient (Wildman–Crippen LogP) is 26.8. The van der Waals surface area contributed by atoms with E-state index in [4.69, 9.17) is 38.9 Å². The van der Waals surface area contributed by atoms with Crippen LogP contribution in [0.3, 0.4) is 0 Å². The van der Waals surface area contributed by atoms with Crippen LogP contribution in [-0.4, -0.2) is 148 Å². The highest BCUT2D eigenvalue weighted by Crippen LogP contribution is 2.37. The average molecular weight is 2060 g/mol. The Kier molecular flexibility index (Phi) is 40.0. The van der Waals surface area contributed by atoms with E-state index < -0.39 is 17.5 Å². The number of unbranched alkanes of at least 4 members (excludes halogenated alkanes) is 1. The lowest BCUT2D eigenvalue weighted by Gasteiger charge is -2.25. The Morgan fingerprint density at radius 2 is 0.593 bits per heavy atom. The zero-order valence-electron chi connectivity index (χ0n) is 89.5. The zero-order chi connectivity index (χ0) is 108. The molecule has 24 nitrogen and oxygen atoms in total. The SMILES string of the molecule is CCCCN(Cc1nc2ccc(F)cc2n1CCC)C(=O)c1ccc2c(c1)OCO2.CCCc1ccc(C(=O)N(Cc2nc3ccc(F)cc3n2CCC)CC(C)C)cc1.CCCn1c(CN(CC(C)C)C(=O)c2ccc(C(C)C)cc2)nc2ccc(F)cc21.CCCn1c(CN(CC(C)C)C(=O)c2ccc3c(c2)OCO3)nc2ccc(F)cc21.CCCn1c(CN(CCC(C)C)C(=O)c2ccc(F)cc2F)nc2ccc(F)cc21. The number of rotatable bonds is 40. The third-order valence-corrected chi connectivity index (χ3v) is 25.8. The van der Waals surface area contributed by atoms with Gasteiger partial charge in [0.2, 0.25) is 13.6 Å². The van der Waals surface area contributed by atoms with Gasteiger partial charge < -0.3 is 66.3 Å². The van der Waals surface area contributed by atoms with Crippen molar-refractivity contribution < 1.29 is 73.7 Å². The fourth-order valence-corrected chi connectivity index (χ4v) is 18.5. The monoisotopic (exact) mass is 2060 g/mol. The second-order valence-corrected chi connectivity index (χ2v) is 40.3. The number of imidazole rings is 5. The second-order valence-electron chi connectivity index (χ2n) is 40.3. The van der Waals surface area contributed by atoms with E-state index >= 15 is 0 Å². The summed E-state index contributed by atoms with van der Waals surface area (Å²) in [5.41, 5.74) is 12.2. The number of halogens is 7. The van der Waals surface area contributed by atoms with Gasteiger partial charge in [-0.3, -0.25) is 24.0 Å². The Bertz CT molecular complexity index is 7130. The molecule has 0 saturated carbocycles. The van der Waals surface area contributed by atoms with Gasteiger partial charge in [-0.05, 0) is 256 Å². The summed E-state index contributed by atoms with van der Waals surface area (Å²) in [5.74, 6) is 4.11. The summed E-state index contributed by atoms with van der Waals surface area (Å²) in [4.78, 5) is 98.8. The molecule has 5 aromatic heterocycles. The lowest BCUT2D eigenvalue weighted by atomic mass is 10.0. The summed E-state index contributed by atoms with van der Waals surface area (Å²) in [7, 11) is 0. The highest BCUT2D eigenvalue weighted by atomic mass is 19.2. The van der Waals surface area contributed by atoms with Crippen molar-refractivity contribution in [2.24, 2.45) is 23.7 Å². The molecule has 31 heteroatoms. The number of amides is 5.